The van der Waals surface area contributed by atoms with Crippen LogP contribution < -0.4 is 0 Å². The lowest BCUT2D eigenvalue weighted by atomic mass is 9.99. The maximum Gasteiger partial charge on any atom is 0.328 e. The van der Waals surface area contributed by atoms with E-state index in [0.717, 1.165) is 10.8 Å². The summed E-state index contributed by atoms with van der Waals surface area (Å²) in [6.07, 6.45) is 1.12. The molecule has 0 amide bonds. The molecule has 2 aromatic carbocycles. The molecule has 6 heteroatoms. The average molecular weight is 333 g/mol. The van der Waals surface area contributed by atoms with E-state index in [9.17, 15) is 14.0 Å². The quantitative estimate of drug-likeness (QED) is 0.839. The molecule has 2 aromatic rings. The van der Waals surface area contributed by atoms with Gasteiger partial charge in [0.2, 0.25) is 0 Å². The van der Waals surface area contributed by atoms with Gasteiger partial charge in [-0.1, -0.05) is 24.3 Å². The Morgan fingerprint density at radius 3 is 2.17 bits per heavy atom. The SMILES string of the molecule is CC(c1cccc2ccc(F)cc12)N(C)C.O=C(O)/C=C/C(=O)O. The minimum Gasteiger partial charge on any atom is -0.478 e. The van der Waals surface area contributed by atoms with Crippen molar-refractivity contribution in [3.8, 4) is 0 Å². The molecular formula is C18H20FNO4. The molecule has 2 N–H and O–H groups in total. The van der Waals surface area contributed by atoms with Crippen molar-refractivity contribution in [3.63, 3.8) is 0 Å². The summed E-state index contributed by atoms with van der Waals surface area (Å²) in [6.45, 7) is 2.12. The molecule has 2 rings (SSSR count). The summed E-state index contributed by atoms with van der Waals surface area (Å²) in [6, 6.07) is 11.3. The highest BCUT2D eigenvalue weighted by molar-refractivity contribution is 5.89. The first-order valence-corrected chi connectivity index (χ1v) is 7.21. The second kappa shape index (κ2) is 8.79. The van der Waals surface area contributed by atoms with Gasteiger partial charge in [0, 0.05) is 18.2 Å². The summed E-state index contributed by atoms with van der Waals surface area (Å²) in [4.78, 5) is 21.2. The van der Waals surface area contributed by atoms with Crippen LogP contribution >= 0.6 is 0 Å². The molecule has 0 bridgehead atoms. The summed E-state index contributed by atoms with van der Waals surface area (Å²) in [5.41, 5.74) is 1.17. The zero-order valence-corrected chi connectivity index (χ0v) is 13.7. The van der Waals surface area contributed by atoms with Gasteiger partial charge in [-0.25, -0.2) is 14.0 Å². The Labute approximate surface area is 139 Å². The molecule has 0 saturated carbocycles. The third-order valence-corrected chi connectivity index (χ3v) is 3.47. The number of halogens is 1. The van der Waals surface area contributed by atoms with Crippen LogP contribution in [0.1, 0.15) is 18.5 Å². The molecule has 5 nitrogen and oxygen atoms in total. The van der Waals surface area contributed by atoms with E-state index in [2.05, 4.69) is 17.9 Å². The van der Waals surface area contributed by atoms with E-state index in [4.69, 9.17) is 10.2 Å². The van der Waals surface area contributed by atoms with E-state index in [1.165, 1.54) is 11.6 Å². The van der Waals surface area contributed by atoms with Gasteiger partial charge < -0.3 is 15.1 Å². The number of aliphatic carboxylic acids is 2. The van der Waals surface area contributed by atoms with Crippen molar-refractivity contribution < 1.29 is 24.2 Å². The van der Waals surface area contributed by atoms with Gasteiger partial charge in [-0.15, -0.1) is 0 Å². The largest absolute Gasteiger partial charge is 0.478 e. The molecule has 24 heavy (non-hydrogen) atoms. The zero-order chi connectivity index (χ0) is 18.3. The molecule has 0 aliphatic carbocycles. The third-order valence-electron chi connectivity index (χ3n) is 3.47. The maximum atomic E-state index is 13.3. The summed E-state index contributed by atoms with van der Waals surface area (Å²) in [5, 5.41) is 17.7. The first kappa shape index (κ1) is 19.3. The van der Waals surface area contributed by atoms with Crippen LogP contribution in [0, 0.1) is 5.82 Å². The van der Waals surface area contributed by atoms with Crippen molar-refractivity contribution in [2.24, 2.45) is 0 Å². The van der Waals surface area contributed by atoms with Crippen LogP contribution in [0.4, 0.5) is 4.39 Å². The molecule has 1 unspecified atom stereocenters. The van der Waals surface area contributed by atoms with Gasteiger partial charge in [-0.05, 0) is 49.5 Å². The summed E-state index contributed by atoms with van der Waals surface area (Å²) in [5.74, 6) is -2.69. The van der Waals surface area contributed by atoms with Gasteiger partial charge >= 0.3 is 11.9 Å². The number of hydrogen-bond acceptors (Lipinski definition) is 3. The van der Waals surface area contributed by atoms with Crippen molar-refractivity contribution in [1.82, 2.24) is 4.90 Å². The summed E-state index contributed by atoms with van der Waals surface area (Å²) >= 11 is 0. The lowest BCUT2D eigenvalue weighted by Crippen LogP contribution is -2.16. The molecule has 0 aliphatic heterocycles. The van der Waals surface area contributed by atoms with Gasteiger partial charge in [-0.3, -0.25) is 0 Å². The second-order valence-corrected chi connectivity index (χ2v) is 5.36. The average Bonchev–Trinajstić information content (AvgIpc) is 2.52. The Morgan fingerprint density at radius 2 is 1.67 bits per heavy atom. The molecule has 0 radical (unpaired) electrons. The summed E-state index contributed by atoms with van der Waals surface area (Å²) < 4.78 is 13.3. The number of rotatable bonds is 4. The van der Waals surface area contributed by atoms with Crippen molar-refractivity contribution in [2.45, 2.75) is 13.0 Å². The lowest BCUT2D eigenvalue weighted by Gasteiger charge is -2.21. The van der Waals surface area contributed by atoms with E-state index < -0.39 is 11.9 Å². The fourth-order valence-electron chi connectivity index (χ4n) is 2.05. The van der Waals surface area contributed by atoms with Crippen molar-refractivity contribution in [2.75, 3.05) is 14.1 Å². The van der Waals surface area contributed by atoms with Crippen LogP contribution in [0.25, 0.3) is 10.8 Å². The number of nitrogens with zero attached hydrogens (tertiary/aromatic N) is 1. The lowest BCUT2D eigenvalue weighted by molar-refractivity contribution is -0.134. The minimum absolute atomic E-state index is 0.175. The first-order chi connectivity index (χ1) is 11.2. The van der Waals surface area contributed by atoms with Crippen molar-refractivity contribution >= 4 is 22.7 Å². The fourth-order valence-corrected chi connectivity index (χ4v) is 2.05. The molecule has 0 aromatic heterocycles. The summed E-state index contributed by atoms with van der Waals surface area (Å²) in [7, 11) is 4.06. The Hall–Kier alpha value is -2.73. The van der Waals surface area contributed by atoms with Crippen LogP contribution in [-0.4, -0.2) is 41.1 Å². The number of hydrogen-bond donors (Lipinski definition) is 2. The number of fused-ring (bicyclic) bond motifs is 1. The van der Waals surface area contributed by atoms with Crippen molar-refractivity contribution in [3.05, 3.63) is 59.9 Å². The molecule has 0 heterocycles. The van der Waals surface area contributed by atoms with Gasteiger partial charge in [0.25, 0.3) is 0 Å². The molecule has 128 valence electrons. The van der Waals surface area contributed by atoms with Gasteiger partial charge in [0.15, 0.2) is 0 Å². The first-order valence-electron chi connectivity index (χ1n) is 7.21. The highest BCUT2D eigenvalue weighted by atomic mass is 19.1. The van der Waals surface area contributed by atoms with Gasteiger partial charge in [-0.2, -0.15) is 0 Å². The Kier molecular flexibility index (Phi) is 7.07. The molecule has 0 aliphatic rings. The highest BCUT2D eigenvalue weighted by Gasteiger charge is 2.11. The fraction of sp³-hybridized carbons (Fsp3) is 0.222. The monoisotopic (exact) mass is 333 g/mol. The molecule has 0 fully saturated rings. The smallest absolute Gasteiger partial charge is 0.328 e. The molecule has 0 saturated heterocycles. The molecule has 0 spiro atoms. The normalized spacial score (nSPS) is 12.0. The highest BCUT2D eigenvalue weighted by Crippen LogP contribution is 2.27. The number of carbonyl (C=O) groups is 2. The zero-order valence-electron chi connectivity index (χ0n) is 13.7. The Morgan fingerprint density at radius 1 is 1.08 bits per heavy atom. The topological polar surface area (TPSA) is 77.8 Å². The number of carboxylic acid groups (broad SMARTS) is 2. The standard InChI is InChI=1S/C14H16FN.C4H4O4/c1-10(16(2)3)13-6-4-5-11-7-8-12(15)9-14(11)13;5-3(6)1-2-4(7)8/h4-10H,1-3H3;1-2H,(H,5,6)(H,7,8)/b;2-1+. The van der Waals surface area contributed by atoms with E-state index in [1.807, 2.05) is 32.3 Å². The van der Waals surface area contributed by atoms with Gasteiger partial charge in [0.05, 0.1) is 0 Å². The van der Waals surface area contributed by atoms with Crippen LogP contribution in [-0.2, 0) is 9.59 Å². The van der Waals surface area contributed by atoms with Crippen LogP contribution in [0.3, 0.4) is 0 Å². The predicted molar refractivity (Wildman–Crippen MR) is 90.4 cm³/mol. The van der Waals surface area contributed by atoms with Crippen LogP contribution in [0.5, 0.6) is 0 Å². The molecule has 1 atom stereocenters. The number of carboxylic acids is 2. The van der Waals surface area contributed by atoms with E-state index in [0.29, 0.717) is 12.2 Å². The maximum absolute atomic E-state index is 13.3. The van der Waals surface area contributed by atoms with Crippen molar-refractivity contribution in [1.29, 1.82) is 0 Å². The minimum atomic E-state index is -1.26. The molecular weight excluding hydrogens is 313 g/mol. The van der Waals surface area contributed by atoms with E-state index in [-0.39, 0.29) is 11.9 Å². The van der Waals surface area contributed by atoms with Crippen LogP contribution in [0.15, 0.2) is 48.6 Å². The van der Waals surface area contributed by atoms with Gasteiger partial charge in [0.1, 0.15) is 5.82 Å². The number of benzene rings is 2. The Bertz CT molecular complexity index is 740. The third kappa shape index (κ3) is 5.81. The van der Waals surface area contributed by atoms with E-state index >= 15 is 0 Å². The second-order valence-electron chi connectivity index (χ2n) is 5.36. The van der Waals surface area contributed by atoms with E-state index in [1.54, 1.807) is 6.07 Å². The predicted octanol–water partition coefficient (Wildman–Crippen LogP) is 3.31. The van der Waals surface area contributed by atoms with Crippen LogP contribution in [0.2, 0.25) is 0 Å². The Balaban J connectivity index is 0.000000307.